The molecule has 2 amide bonds. The van der Waals surface area contributed by atoms with Crippen molar-refractivity contribution < 1.29 is 9.59 Å². The monoisotopic (exact) mass is 255 g/mol. The molecule has 1 aromatic heterocycles. The second kappa shape index (κ2) is 5.13. The third-order valence-corrected chi connectivity index (χ3v) is 3.27. The third kappa shape index (κ3) is 2.83. The normalized spacial score (nSPS) is 15.2. The van der Waals surface area contributed by atoms with Gasteiger partial charge in [-0.3, -0.25) is 9.59 Å². The number of thioether (sulfide) groups is 1. The van der Waals surface area contributed by atoms with Crippen molar-refractivity contribution in [2.45, 2.75) is 0 Å². The van der Waals surface area contributed by atoms with Crippen molar-refractivity contribution in [1.29, 1.82) is 0 Å². The number of nitrogens with one attached hydrogen (secondary N) is 1. The lowest BCUT2D eigenvalue weighted by molar-refractivity contribution is -0.129. The van der Waals surface area contributed by atoms with Crippen LogP contribution in [-0.4, -0.2) is 34.0 Å². The van der Waals surface area contributed by atoms with Gasteiger partial charge in [0.05, 0.1) is 5.75 Å². The molecule has 2 rings (SSSR count). The van der Waals surface area contributed by atoms with Gasteiger partial charge >= 0.3 is 0 Å². The average molecular weight is 255 g/mol. The second-order valence-corrected chi connectivity index (χ2v) is 4.79. The molecule has 0 atom stereocenters. The van der Waals surface area contributed by atoms with Gasteiger partial charge in [-0.05, 0) is 5.41 Å². The zero-order valence-corrected chi connectivity index (χ0v) is 9.88. The molecule has 1 aliphatic rings. The molecular formula is C9H9N3O2S2. The summed E-state index contributed by atoms with van der Waals surface area (Å²) in [4.78, 5) is 28.3. The molecule has 16 heavy (non-hydrogen) atoms. The summed E-state index contributed by atoms with van der Waals surface area (Å²) in [7, 11) is 0. The molecule has 2 heterocycles. The lowest BCUT2D eigenvalue weighted by atomic mass is 10.4. The highest BCUT2D eigenvalue weighted by molar-refractivity contribution is 8.02. The number of hydrogen-bond acceptors (Lipinski definition) is 5. The summed E-state index contributed by atoms with van der Waals surface area (Å²) >= 11 is 2.77. The molecular weight excluding hydrogens is 246 g/mol. The van der Waals surface area contributed by atoms with Gasteiger partial charge < -0.3 is 10.2 Å². The smallest absolute Gasteiger partial charge is 0.246 e. The van der Waals surface area contributed by atoms with Gasteiger partial charge in [0.1, 0.15) is 6.54 Å². The molecule has 0 saturated carbocycles. The van der Waals surface area contributed by atoms with Crippen LogP contribution in [-0.2, 0) is 9.59 Å². The Morgan fingerprint density at radius 2 is 2.50 bits per heavy atom. The maximum atomic E-state index is 11.5. The first-order valence-corrected chi connectivity index (χ1v) is 6.45. The van der Waals surface area contributed by atoms with Crippen molar-refractivity contribution in [2.24, 2.45) is 0 Å². The lowest BCUT2D eigenvalue weighted by Crippen LogP contribution is -2.36. The van der Waals surface area contributed by atoms with Crippen molar-refractivity contribution in [3.05, 3.63) is 23.2 Å². The summed E-state index contributed by atoms with van der Waals surface area (Å²) in [5.74, 6) is 0.0998. The van der Waals surface area contributed by atoms with Crippen LogP contribution in [0.2, 0.25) is 0 Å². The van der Waals surface area contributed by atoms with Crippen LogP contribution in [0.4, 0.5) is 5.13 Å². The van der Waals surface area contributed by atoms with Crippen LogP contribution < -0.4 is 5.32 Å². The minimum absolute atomic E-state index is 0.0372. The largest absolute Gasteiger partial charge is 0.308 e. The van der Waals surface area contributed by atoms with E-state index < -0.39 is 0 Å². The summed E-state index contributed by atoms with van der Waals surface area (Å²) in [5.41, 5.74) is 0. The predicted octanol–water partition coefficient (Wildman–Crippen LogP) is 1.13. The summed E-state index contributed by atoms with van der Waals surface area (Å²) in [6.45, 7) is 0.0372. The van der Waals surface area contributed by atoms with Gasteiger partial charge in [0.15, 0.2) is 5.13 Å². The van der Waals surface area contributed by atoms with Crippen LogP contribution in [0.15, 0.2) is 23.2 Å². The Labute approximate surface area is 101 Å². The van der Waals surface area contributed by atoms with Crippen molar-refractivity contribution in [3.8, 4) is 0 Å². The van der Waals surface area contributed by atoms with E-state index in [9.17, 15) is 9.59 Å². The van der Waals surface area contributed by atoms with Crippen LogP contribution in [0.25, 0.3) is 0 Å². The van der Waals surface area contributed by atoms with E-state index >= 15 is 0 Å². The van der Waals surface area contributed by atoms with Crippen molar-refractivity contribution >= 4 is 40.0 Å². The molecule has 0 unspecified atom stereocenters. The van der Waals surface area contributed by atoms with Gasteiger partial charge in [-0.2, -0.15) is 0 Å². The molecule has 7 heteroatoms. The fourth-order valence-electron chi connectivity index (χ4n) is 1.14. The Hall–Kier alpha value is -1.34. The molecule has 5 nitrogen and oxygen atoms in total. The minimum atomic E-state index is -0.236. The van der Waals surface area contributed by atoms with Crippen LogP contribution in [0.5, 0.6) is 0 Å². The number of carbonyl (C=O) groups is 2. The van der Waals surface area contributed by atoms with Gasteiger partial charge in [-0.15, -0.1) is 23.1 Å². The van der Waals surface area contributed by atoms with E-state index in [-0.39, 0.29) is 18.4 Å². The number of hydrogen-bond donors (Lipinski definition) is 1. The molecule has 0 fully saturated rings. The van der Waals surface area contributed by atoms with Gasteiger partial charge in [-0.1, -0.05) is 0 Å². The van der Waals surface area contributed by atoms with E-state index in [0.717, 1.165) is 0 Å². The predicted molar refractivity (Wildman–Crippen MR) is 64.1 cm³/mol. The Balaban J connectivity index is 1.89. The number of anilines is 1. The molecule has 1 N–H and O–H groups in total. The summed E-state index contributed by atoms with van der Waals surface area (Å²) < 4.78 is 0. The maximum absolute atomic E-state index is 11.5. The van der Waals surface area contributed by atoms with Gasteiger partial charge in [0.25, 0.3) is 0 Å². The summed E-state index contributed by atoms with van der Waals surface area (Å²) in [6, 6.07) is 0. The molecule has 0 aliphatic carbocycles. The minimum Gasteiger partial charge on any atom is -0.308 e. The molecule has 0 aromatic carbocycles. The third-order valence-electron chi connectivity index (χ3n) is 1.86. The second-order valence-electron chi connectivity index (χ2n) is 3.00. The fourth-order valence-corrected chi connectivity index (χ4v) is 2.32. The van der Waals surface area contributed by atoms with Crippen LogP contribution in [0.1, 0.15) is 0 Å². The standard InChI is InChI=1S/C9H9N3O2S2/c13-7(11-9-10-1-3-16-9)5-12-2-4-15-6-8(12)14/h1-4H,5-6H2,(H,10,11,13). The first kappa shape index (κ1) is 11.2. The summed E-state index contributed by atoms with van der Waals surface area (Å²) in [6.07, 6.45) is 3.24. The topological polar surface area (TPSA) is 62.3 Å². The van der Waals surface area contributed by atoms with Crippen molar-refractivity contribution in [2.75, 3.05) is 17.6 Å². The number of nitrogens with zero attached hydrogens (tertiary/aromatic N) is 2. The molecule has 1 aliphatic heterocycles. The number of amides is 2. The Morgan fingerprint density at radius 3 is 3.19 bits per heavy atom. The molecule has 0 radical (unpaired) electrons. The van der Waals surface area contributed by atoms with Crippen LogP contribution >= 0.6 is 23.1 Å². The van der Waals surface area contributed by atoms with E-state index in [1.165, 1.54) is 28.0 Å². The van der Waals surface area contributed by atoms with E-state index in [1.54, 1.807) is 23.2 Å². The van der Waals surface area contributed by atoms with Gasteiger partial charge in [-0.25, -0.2) is 4.98 Å². The zero-order chi connectivity index (χ0) is 11.4. The molecule has 84 valence electrons. The van der Waals surface area contributed by atoms with Crippen molar-refractivity contribution in [3.63, 3.8) is 0 Å². The van der Waals surface area contributed by atoms with Crippen LogP contribution in [0.3, 0.4) is 0 Å². The van der Waals surface area contributed by atoms with E-state index in [2.05, 4.69) is 10.3 Å². The first-order chi connectivity index (χ1) is 7.75. The molecule has 0 bridgehead atoms. The average Bonchev–Trinajstić information content (AvgIpc) is 2.74. The Morgan fingerprint density at radius 1 is 1.62 bits per heavy atom. The highest BCUT2D eigenvalue weighted by Gasteiger charge is 2.17. The number of aromatic nitrogens is 1. The summed E-state index contributed by atoms with van der Waals surface area (Å²) in [5, 5.41) is 6.75. The van der Waals surface area contributed by atoms with Gasteiger partial charge in [0.2, 0.25) is 11.8 Å². The lowest BCUT2D eigenvalue weighted by Gasteiger charge is -2.19. The van der Waals surface area contributed by atoms with Crippen LogP contribution in [0, 0.1) is 0 Å². The fraction of sp³-hybridized carbons (Fsp3) is 0.222. The number of carbonyl (C=O) groups excluding carboxylic acids is 2. The zero-order valence-electron chi connectivity index (χ0n) is 8.25. The van der Waals surface area contributed by atoms with E-state index in [1.807, 2.05) is 0 Å². The number of rotatable bonds is 3. The van der Waals surface area contributed by atoms with E-state index in [4.69, 9.17) is 0 Å². The van der Waals surface area contributed by atoms with Gasteiger partial charge in [0, 0.05) is 17.8 Å². The Kier molecular flexibility index (Phi) is 3.58. The quantitative estimate of drug-likeness (QED) is 0.879. The Bertz CT molecular complexity index is 416. The molecule has 1 aromatic rings. The van der Waals surface area contributed by atoms with Crippen molar-refractivity contribution in [1.82, 2.24) is 9.88 Å². The van der Waals surface area contributed by atoms with E-state index in [0.29, 0.717) is 10.9 Å². The maximum Gasteiger partial charge on any atom is 0.246 e. The highest BCUT2D eigenvalue weighted by Crippen LogP contribution is 2.13. The highest BCUT2D eigenvalue weighted by atomic mass is 32.2. The molecule has 0 spiro atoms. The number of thiazole rings is 1. The molecule has 0 saturated heterocycles. The first-order valence-electron chi connectivity index (χ1n) is 4.53. The SMILES string of the molecule is O=C(CN1C=CSCC1=O)Nc1nccs1.